The molecule has 1 saturated heterocycles. The van der Waals surface area contributed by atoms with Crippen molar-refractivity contribution in [2.45, 2.75) is 43.9 Å². The number of hydrogen-bond acceptors (Lipinski definition) is 3. The number of nitrogens with one attached hydrogen (secondary N) is 1. The van der Waals surface area contributed by atoms with Gasteiger partial charge in [-0.05, 0) is 37.3 Å². The third-order valence-corrected chi connectivity index (χ3v) is 8.06. The van der Waals surface area contributed by atoms with Gasteiger partial charge in [0.2, 0.25) is 5.91 Å². The summed E-state index contributed by atoms with van der Waals surface area (Å²) < 4.78 is 41.7. The van der Waals surface area contributed by atoms with E-state index >= 15 is 0 Å². The molecule has 1 aromatic carbocycles. The highest BCUT2D eigenvalue weighted by Crippen LogP contribution is 2.41. The summed E-state index contributed by atoms with van der Waals surface area (Å²) in [5.41, 5.74) is 0.304. The van der Waals surface area contributed by atoms with Crippen molar-refractivity contribution >= 4 is 16.1 Å². The number of carbonyl (C=O) groups excluding carboxylic acids is 1. The fraction of sp³-hybridized carbons (Fsp3) is 0.650. The van der Waals surface area contributed by atoms with Crippen LogP contribution >= 0.6 is 0 Å². The van der Waals surface area contributed by atoms with Crippen LogP contribution in [0.1, 0.15) is 44.1 Å². The Morgan fingerprint density at radius 2 is 1.93 bits per heavy atom. The summed E-state index contributed by atoms with van der Waals surface area (Å²) in [5, 5.41) is 3.02. The lowest BCUT2D eigenvalue weighted by atomic mass is 9.78. The Kier molecular flexibility index (Phi) is 6.41. The smallest absolute Gasteiger partial charge is 0.281 e. The zero-order valence-electron chi connectivity index (χ0n) is 16.7. The van der Waals surface area contributed by atoms with Crippen molar-refractivity contribution in [3.63, 3.8) is 0 Å². The van der Waals surface area contributed by atoms with Crippen molar-refractivity contribution < 1.29 is 17.6 Å². The molecule has 1 unspecified atom stereocenters. The molecular formula is C20H30FN3O3S. The second-order valence-electron chi connectivity index (χ2n) is 8.17. The summed E-state index contributed by atoms with van der Waals surface area (Å²) >= 11 is 0. The lowest BCUT2D eigenvalue weighted by molar-refractivity contribution is -0.126. The van der Waals surface area contributed by atoms with Crippen LogP contribution in [0.15, 0.2) is 24.3 Å². The van der Waals surface area contributed by atoms with Gasteiger partial charge in [-0.15, -0.1) is 0 Å². The quantitative estimate of drug-likeness (QED) is 0.781. The topological polar surface area (TPSA) is 69.7 Å². The van der Waals surface area contributed by atoms with Crippen molar-refractivity contribution in [2.75, 3.05) is 33.7 Å². The molecule has 1 aliphatic carbocycles. The Balaban J connectivity index is 1.68. The van der Waals surface area contributed by atoms with Crippen molar-refractivity contribution in [1.82, 2.24) is 13.9 Å². The van der Waals surface area contributed by atoms with Crippen LogP contribution in [-0.4, -0.2) is 56.7 Å². The molecular weight excluding hydrogens is 381 g/mol. The first-order valence-corrected chi connectivity index (χ1v) is 11.4. The molecule has 0 radical (unpaired) electrons. The molecule has 1 N–H and O–H groups in total. The summed E-state index contributed by atoms with van der Waals surface area (Å²) in [5.74, 6) is -0.733. The average Bonchev–Trinajstić information content (AvgIpc) is 3.16. The summed E-state index contributed by atoms with van der Waals surface area (Å²) in [7, 11) is -0.526. The maximum absolute atomic E-state index is 14.4. The predicted molar refractivity (Wildman–Crippen MR) is 106 cm³/mol. The number of carbonyl (C=O) groups is 1. The summed E-state index contributed by atoms with van der Waals surface area (Å²) in [6, 6.07) is 6.81. The standard InChI is InChI=1S/C20H30FN3O3S/c1-23(2)28(26,27)24-13-7-8-16(14-24)19(25)22-15-20(11-5-6-12-20)17-9-3-4-10-18(17)21/h3-4,9-10,16H,5-8,11-15H2,1-2H3,(H,22,25). The Hall–Kier alpha value is -1.51. The highest BCUT2D eigenvalue weighted by atomic mass is 32.2. The van der Waals surface area contributed by atoms with Gasteiger partial charge in [-0.1, -0.05) is 31.0 Å². The first-order chi connectivity index (χ1) is 13.3. The molecule has 156 valence electrons. The largest absolute Gasteiger partial charge is 0.355 e. The number of piperidine rings is 1. The van der Waals surface area contributed by atoms with Crippen molar-refractivity contribution in [1.29, 1.82) is 0 Å². The number of hydrogen-bond donors (Lipinski definition) is 1. The summed E-state index contributed by atoms with van der Waals surface area (Å²) in [6.07, 6.45) is 5.05. The molecule has 3 rings (SSSR count). The summed E-state index contributed by atoms with van der Waals surface area (Å²) in [4.78, 5) is 12.8. The highest BCUT2D eigenvalue weighted by molar-refractivity contribution is 7.86. The monoisotopic (exact) mass is 411 g/mol. The molecule has 1 atom stereocenters. The predicted octanol–water partition coefficient (Wildman–Crippen LogP) is 2.27. The zero-order chi connectivity index (χ0) is 20.4. The molecule has 0 spiro atoms. The molecule has 1 saturated carbocycles. The van der Waals surface area contributed by atoms with Gasteiger partial charge in [0.15, 0.2) is 0 Å². The van der Waals surface area contributed by atoms with E-state index < -0.39 is 10.2 Å². The van der Waals surface area contributed by atoms with Gasteiger partial charge in [0.25, 0.3) is 10.2 Å². The van der Waals surface area contributed by atoms with E-state index in [2.05, 4.69) is 5.32 Å². The molecule has 0 bridgehead atoms. The molecule has 1 amide bonds. The second-order valence-corrected chi connectivity index (χ2v) is 10.3. The molecule has 1 aromatic rings. The van der Waals surface area contributed by atoms with E-state index in [0.29, 0.717) is 31.5 Å². The summed E-state index contributed by atoms with van der Waals surface area (Å²) in [6.45, 7) is 1.02. The Labute approximate surface area is 167 Å². The van der Waals surface area contributed by atoms with E-state index in [-0.39, 0.29) is 29.6 Å². The van der Waals surface area contributed by atoms with E-state index in [1.54, 1.807) is 6.07 Å². The minimum atomic E-state index is -3.52. The first kappa shape index (κ1) is 21.2. The molecule has 2 fully saturated rings. The van der Waals surface area contributed by atoms with Crippen molar-refractivity contribution in [3.8, 4) is 0 Å². The first-order valence-electron chi connectivity index (χ1n) is 9.97. The van der Waals surface area contributed by atoms with Gasteiger partial charge in [-0.3, -0.25) is 4.79 Å². The second kappa shape index (κ2) is 8.47. The van der Waals surface area contributed by atoms with E-state index in [4.69, 9.17) is 0 Å². The Morgan fingerprint density at radius 1 is 1.25 bits per heavy atom. The number of amides is 1. The van der Waals surface area contributed by atoms with Gasteiger partial charge >= 0.3 is 0 Å². The SMILES string of the molecule is CN(C)S(=O)(=O)N1CCCC(C(=O)NCC2(c3ccccc3F)CCCC2)C1. The van der Waals surface area contributed by atoms with E-state index in [1.165, 1.54) is 28.8 Å². The molecule has 0 aromatic heterocycles. The van der Waals surface area contributed by atoms with Crippen LogP contribution in [0, 0.1) is 11.7 Å². The molecule has 28 heavy (non-hydrogen) atoms. The van der Waals surface area contributed by atoms with Crippen LogP contribution in [0.4, 0.5) is 4.39 Å². The number of nitrogens with zero attached hydrogens (tertiary/aromatic N) is 2. The van der Waals surface area contributed by atoms with Gasteiger partial charge in [0, 0.05) is 39.1 Å². The third-order valence-electron chi connectivity index (χ3n) is 6.15. The lowest BCUT2D eigenvalue weighted by Crippen LogP contribution is -2.50. The lowest BCUT2D eigenvalue weighted by Gasteiger charge is -2.34. The van der Waals surface area contributed by atoms with E-state index in [1.807, 2.05) is 12.1 Å². The number of rotatable bonds is 6. The molecule has 1 aliphatic heterocycles. The maximum Gasteiger partial charge on any atom is 0.281 e. The molecule has 2 aliphatic rings. The van der Waals surface area contributed by atoms with E-state index in [0.717, 1.165) is 25.7 Å². The maximum atomic E-state index is 14.4. The third kappa shape index (κ3) is 4.23. The minimum absolute atomic E-state index is 0.138. The van der Waals surface area contributed by atoms with Crippen LogP contribution in [0.5, 0.6) is 0 Å². The normalized spacial score (nSPS) is 23.1. The van der Waals surface area contributed by atoms with Crippen LogP contribution in [0.3, 0.4) is 0 Å². The van der Waals surface area contributed by atoms with Crippen molar-refractivity contribution in [2.24, 2.45) is 5.92 Å². The molecule has 6 nitrogen and oxygen atoms in total. The Morgan fingerprint density at radius 3 is 2.57 bits per heavy atom. The fourth-order valence-corrected chi connectivity index (χ4v) is 5.67. The Bertz CT molecular complexity index is 807. The van der Waals surface area contributed by atoms with Crippen LogP contribution in [0.25, 0.3) is 0 Å². The molecule has 8 heteroatoms. The van der Waals surface area contributed by atoms with Gasteiger partial charge in [-0.25, -0.2) is 4.39 Å². The number of halogens is 1. The minimum Gasteiger partial charge on any atom is -0.355 e. The van der Waals surface area contributed by atoms with E-state index in [9.17, 15) is 17.6 Å². The van der Waals surface area contributed by atoms with Crippen molar-refractivity contribution in [3.05, 3.63) is 35.6 Å². The van der Waals surface area contributed by atoms with Gasteiger partial charge < -0.3 is 5.32 Å². The zero-order valence-corrected chi connectivity index (χ0v) is 17.5. The molecule has 1 heterocycles. The van der Waals surface area contributed by atoms with Crippen LogP contribution < -0.4 is 5.32 Å². The van der Waals surface area contributed by atoms with Gasteiger partial charge in [-0.2, -0.15) is 17.0 Å². The van der Waals surface area contributed by atoms with Gasteiger partial charge in [0.05, 0.1) is 5.92 Å². The number of benzene rings is 1. The van der Waals surface area contributed by atoms with Crippen LogP contribution in [-0.2, 0) is 20.4 Å². The highest BCUT2D eigenvalue weighted by Gasteiger charge is 2.39. The average molecular weight is 412 g/mol. The van der Waals surface area contributed by atoms with Gasteiger partial charge in [0.1, 0.15) is 5.82 Å². The fourth-order valence-electron chi connectivity index (χ4n) is 4.48. The van der Waals surface area contributed by atoms with Crippen LogP contribution in [0.2, 0.25) is 0 Å².